The van der Waals surface area contributed by atoms with Gasteiger partial charge >= 0.3 is 0 Å². The number of benzene rings is 1. The quantitative estimate of drug-likeness (QED) is 0.365. The summed E-state index contributed by atoms with van der Waals surface area (Å²) in [6.07, 6.45) is 2.11. The molecular formula is C18H23F2IN4O. The lowest BCUT2D eigenvalue weighted by Crippen LogP contribution is -2.42. The monoisotopic (exact) mass is 476 g/mol. The zero-order valence-corrected chi connectivity index (χ0v) is 17.0. The van der Waals surface area contributed by atoms with Crippen LogP contribution in [0.15, 0.2) is 47.6 Å². The molecular weight excluding hydrogens is 453 g/mol. The van der Waals surface area contributed by atoms with Crippen molar-refractivity contribution < 1.29 is 13.5 Å². The Kier molecular flexibility index (Phi) is 9.85. The lowest BCUT2D eigenvalue weighted by Gasteiger charge is -2.20. The SMILES string of the molecule is CCC(CNC(=NC)NCc1ncccc1F)Oc1cccc(F)c1.I. The van der Waals surface area contributed by atoms with E-state index in [9.17, 15) is 8.78 Å². The van der Waals surface area contributed by atoms with E-state index in [-0.39, 0.29) is 48.3 Å². The first-order valence-electron chi connectivity index (χ1n) is 8.08. The number of aromatic nitrogens is 1. The largest absolute Gasteiger partial charge is 0.489 e. The number of halogens is 3. The third kappa shape index (κ3) is 7.11. The third-order valence-corrected chi connectivity index (χ3v) is 3.53. The van der Waals surface area contributed by atoms with Crippen molar-refractivity contribution in [3.63, 3.8) is 0 Å². The summed E-state index contributed by atoms with van der Waals surface area (Å²) in [6, 6.07) is 8.94. The second-order valence-electron chi connectivity index (χ2n) is 5.34. The predicted molar refractivity (Wildman–Crippen MR) is 109 cm³/mol. The van der Waals surface area contributed by atoms with E-state index in [1.165, 1.54) is 24.4 Å². The summed E-state index contributed by atoms with van der Waals surface area (Å²) in [5, 5.41) is 6.11. The molecule has 0 aliphatic rings. The molecule has 0 amide bonds. The second kappa shape index (κ2) is 11.6. The molecule has 1 aromatic carbocycles. The van der Waals surface area contributed by atoms with Gasteiger partial charge in [-0.3, -0.25) is 9.98 Å². The summed E-state index contributed by atoms with van der Waals surface area (Å²) in [5.41, 5.74) is 0.313. The Balaban J connectivity index is 0.00000338. The van der Waals surface area contributed by atoms with E-state index in [1.54, 1.807) is 25.2 Å². The molecule has 26 heavy (non-hydrogen) atoms. The van der Waals surface area contributed by atoms with Crippen molar-refractivity contribution >= 4 is 29.9 Å². The predicted octanol–water partition coefficient (Wildman–Crippen LogP) is 3.50. The molecule has 1 unspecified atom stereocenters. The fraction of sp³-hybridized carbons (Fsp3) is 0.333. The average Bonchev–Trinajstić information content (AvgIpc) is 2.62. The fourth-order valence-electron chi connectivity index (χ4n) is 2.15. The van der Waals surface area contributed by atoms with Crippen molar-refractivity contribution in [3.8, 4) is 5.75 Å². The van der Waals surface area contributed by atoms with Gasteiger partial charge in [0.1, 0.15) is 23.5 Å². The number of rotatable bonds is 7. The van der Waals surface area contributed by atoms with Gasteiger partial charge in [-0.1, -0.05) is 13.0 Å². The van der Waals surface area contributed by atoms with Crippen molar-refractivity contribution in [2.24, 2.45) is 4.99 Å². The highest BCUT2D eigenvalue weighted by atomic mass is 127. The fourth-order valence-corrected chi connectivity index (χ4v) is 2.15. The Labute approximate surface area is 169 Å². The molecule has 0 saturated heterocycles. The van der Waals surface area contributed by atoms with Crippen LogP contribution in [0.4, 0.5) is 8.78 Å². The van der Waals surface area contributed by atoms with Crippen LogP contribution in [0.25, 0.3) is 0 Å². The Morgan fingerprint density at radius 3 is 2.69 bits per heavy atom. The number of aliphatic imine (C=N–C) groups is 1. The van der Waals surface area contributed by atoms with Crippen molar-refractivity contribution in [2.45, 2.75) is 26.0 Å². The summed E-state index contributed by atoms with van der Waals surface area (Å²) >= 11 is 0. The van der Waals surface area contributed by atoms with Crippen molar-refractivity contribution in [2.75, 3.05) is 13.6 Å². The minimum absolute atomic E-state index is 0. The average molecular weight is 476 g/mol. The van der Waals surface area contributed by atoms with Gasteiger partial charge in [0.05, 0.1) is 18.8 Å². The molecule has 1 heterocycles. The van der Waals surface area contributed by atoms with Gasteiger partial charge in [0.15, 0.2) is 5.96 Å². The van der Waals surface area contributed by atoms with Crippen LogP contribution >= 0.6 is 24.0 Å². The Hall–Kier alpha value is -1.97. The van der Waals surface area contributed by atoms with E-state index in [0.29, 0.717) is 23.9 Å². The zero-order chi connectivity index (χ0) is 18.1. The summed E-state index contributed by atoms with van der Waals surface area (Å²) in [5.74, 6) is 0.278. The van der Waals surface area contributed by atoms with Crippen LogP contribution in [-0.2, 0) is 6.54 Å². The molecule has 0 aliphatic heterocycles. The van der Waals surface area contributed by atoms with Gasteiger partial charge in [0.2, 0.25) is 0 Å². The molecule has 0 spiro atoms. The summed E-state index contributed by atoms with van der Waals surface area (Å²) in [7, 11) is 1.62. The molecule has 2 N–H and O–H groups in total. The standard InChI is InChI=1S/C18H22F2N4O.HI/c1-3-14(25-15-7-4-6-13(19)10-15)11-23-18(21-2)24-12-17-16(20)8-5-9-22-17;/h4-10,14H,3,11-12H2,1-2H3,(H2,21,23,24);1H. The number of hydrogen-bond donors (Lipinski definition) is 2. The highest BCUT2D eigenvalue weighted by Crippen LogP contribution is 2.14. The van der Waals surface area contributed by atoms with Gasteiger partial charge in [-0.2, -0.15) is 0 Å². The number of nitrogens with one attached hydrogen (secondary N) is 2. The lowest BCUT2D eigenvalue weighted by molar-refractivity contribution is 0.198. The smallest absolute Gasteiger partial charge is 0.191 e. The van der Waals surface area contributed by atoms with E-state index in [0.717, 1.165) is 6.42 Å². The molecule has 5 nitrogen and oxygen atoms in total. The number of pyridine rings is 1. The molecule has 8 heteroatoms. The Morgan fingerprint density at radius 2 is 2.04 bits per heavy atom. The van der Waals surface area contributed by atoms with Crippen LogP contribution in [0, 0.1) is 11.6 Å². The molecule has 1 atom stereocenters. The van der Waals surface area contributed by atoms with Gasteiger partial charge < -0.3 is 15.4 Å². The first kappa shape index (κ1) is 22.1. The van der Waals surface area contributed by atoms with Crippen molar-refractivity contribution in [1.29, 1.82) is 0 Å². The molecule has 2 rings (SSSR count). The molecule has 2 aromatic rings. The molecule has 0 saturated carbocycles. The topological polar surface area (TPSA) is 58.5 Å². The van der Waals surface area contributed by atoms with Gasteiger partial charge in [0, 0.05) is 19.3 Å². The Bertz CT molecular complexity index is 715. The molecule has 0 fully saturated rings. The van der Waals surface area contributed by atoms with E-state index in [2.05, 4.69) is 20.6 Å². The van der Waals surface area contributed by atoms with E-state index >= 15 is 0 Å². The Morgan fingerprint density at radius 1 is 1.23 bits per heavy atom. The number of nitrogens with zero attached hydrogens (tertiary/aromatic N) is 2. The molecule has 0 radical (unpaired) electrons. The lowest BCUT2D eigenvalue weighted by atomic mass is 10.2. The first-order valence-corrected chi connectivity index (χ1v) is 8.08. The minimum Gasteiger partial charge on any atom is -0.489 e. The van der Waals surface area contributed by atoms with Crippen LogP contribution < -0.4 is 15.4 Å². The maximum atomic E-state index is 13.6. The van der Waals surface area contributed by atoms with Gasteiger partial charge in [-0.25, -0.2) is 8.78 Å². The van der Waals surface area contributed by atoms with Gasteiger partial charge in [-0.05, 0) is 30.7 Å². The first-order chi connectivity index (χ1) is 12.1. The maximum Gasteiger partial charge on any atom is 0.191 e. The van der Waals surface area contributed by atoms with Gasteiger partial charge in [-0.15, -0.1) is 24.0 Å². The van der Waals surface area contributed by atoms with E-state index in [4.69, 9.17) is 4.74 Å². The molecule has 0 bridgehead atoms. The zero-order valence-electron chi connectivity index (χ0n) is 14.7. The molecule has 1 aromatic heterocycles. The van der Waals surface area contributed by atoms with Crippen LogP contribution in [0.2, 0.25) is 0 Å². The molecule has 142 valence electrons. The summed E-state index contributed by atoms with van der Waals surface area (Å²) in [4.78, 5) is 8.07. The van der Waals surface area contributed by atoms with Crippen molar-refractivity contribution in [1.82, 2.24) is 15.6 Å². The minimum atomic E-state index is -0.369. The number of hydrogen-bond acceptors (Lipinski definition) is 3. The van der Waals surface area contributed by atoms with Crippen LogP contribution in [0.5, 0.6) is 5.75 Å². The number of guanidine groups is 1. The van der Waals surface area contributed by atoms with E-state index < -0.39 is 0 Å². The maximum absolute atomic E-state index is 13.6. The van der Waals surface area contributed by atoms with Crippen molar-refractivity contribution in [3.05, 3.63) is 59.9 Å². The highest BCUT2D eigenvalue weighted by molar-refractivity contribution is 14.0. The molecule has 0 aliphatic carbocycles. The summed E-state index contributed by atoms with van der Waals surface area (Å²) < 4.78 is 32.6. The van der Waals surface area contributed by atoms with E-state index in [1.807, 2.05) is 6.92 Å². The highest BCUT2D eigenvalue weighted by Gasteiger charge is 2.10. The summed E-state index contributed by atoms with van der Waals surface area (Å²) in [6.45, 7) is 2.66. The van der Waals surface area contributed by atoms with Crippen LogP contribution in [0.3, 0.4) is 0 Å². The second-order valence-corrected chi connectivity index (χ2v) is 5.34. The third-order valence-electron chi connectivity index (χ3n) is 3.53. The number of ether oxygens (including phenoxy) is 1. The normalized spacial score (nSPS) is 12.1. The van der Waals surface area contributed by atoms with Crippen LogP contribution in [-0.4, -0.2) is 30.6 Å². The van der Waals surface area contributed by atoms with Crippen LogP contribution in [0.1, 0.15) is 19.0 Å². The van der Waals surface area contributed by atoms with Gasteiger partial charge in [0.25, 0.3) is 0 Å².